The molecule has 17 heavy (non-hydrogen) atoms. The number of hydrogen-bond acceptors (Lipinski definition) is 1. The van der Waals surface area contributed by atoms with Crippen LogP contribution in [0.5, 0.6) is 5.75 Å². The molecule has 0 aromatic heterocycles. The van der Waals surface area contributed by atoms with Crippen molar-refractivity contribution < 1.29 is 4.74 Å². The molecule has 0 heterocycles. The van der Waals surface area contributed by atoms with Crippen molar-refractivity contribution in [2.45, 2.75) is 31.0 Å². The van der Waals surface area contributed by atoms with Crippen LogP contribution in [-0.4, -0.2) is 6.61 Å². The highest BCUT2D eigenvalue weighted by Crippen LogP contribution is 2.64. The second kappa shape index (κ2) is 4.64. The quantitative estimate of drug-likeness (QED) is 0.739. The van der Waals surface area contributed by atoms with Gasteiger partial charge in [0, 0.05) is 4.83 Å². The number of rotatable bonds is 4. The van der Waals surface area contributed by atoms with Crippen LogP contribution in [0.4, 0.5) is 0 Å². The van der Waals surface area contributed by atoms with Gasteiger partial charge in [0.25, 0.3) is 0 Å². The third-order valence-corrected chi connectivity index (χ3v) is 5.46. The maximum atomic E-state index is 5.48. The van der Waals surface area contributed by atoms with E-state index < -0.39 is 0 Å². The number of ether oxygens (including phenoxy) is 1. The van der Waals surface area contributed by atoms with Crippen LogP contribution in [-0.2, 0) is 0 Å². The summed E-state index contributed by atoms with van der Waals surface area (Å²) in [6.07, 6.45) is 4.36. The molecule has 1 nitrogen and oxygen atoms in total. The van der Waals surface area contributed by atoms with Crippen LogP contribution >= 0.6 is 15.9 Å². The van der Waals surface area contributed by atoms with Crippen molar-refractivity contribution in [2.24, 2.45) is 17.8 Å². The minimum Gasteiger partial charge on any atom is -0.494 e. The number of hydrogen-bond donors (Lipinski definition) is 0. The lowest BCUT2D eigenvalue weighted by atomic mass is 10.0. The Morgan fingerprint density at radius 2 is 1.88 bits per heavy atom. The molecule has 1 aromatic carbocycles. The third-order valence-electron chi connectivity index (χ3n) is 4.32. The lowest BCUT2D eigenvalue weighted by molar-refractivity contribution is 0.340. The monoisotopic (exact) mass is 294 g/mol. The molecule has 3 rings (SSSR count). The van der Waals surface area contributed by atoms with Crippen LogP contribution in [0.2, 0.25) is 0 Å². The number of alkyl halides is 1. The van der Waals surface area contributed by atoms with E-state index in [2.05, 4.69) is 40.2 Å². The SMILES string of the molecule is CCOc1ccc(C(Br)C2C3CCCC32)cc1. The lowest BCUT2D eigenvalue weighted by Crippen LogP contribution is -1.98. The fourth-order valence-electron chi connectivity index (χ4n) is 3.45. The van der Waals surface area contributed by atoms with Gasteiger partial charge in [0.2, 0.25) is 0 Å². The Morgan fingerprint density at radius 1 is 1.24 bits per heavy atom. The van der Waals surface area contributed by atoms with Crippen molar-refractivity contribution in [1.29, 1.82) is 0 Å². The molecule has 3 atom stereocenters. The summed E-state index contributed by atoms with van der Waals surface area (Å²) >= 11 is 3.89. The molecule has 2 saturated carbocycles. The molecule has 2 aliphatic carbocycles. The van der Waals surface area contributed by atoms with Gasteiger partial charge in [-0.2, -0.15) is 0 Å². The van der Waals surface area contributed by atoms with Gasteiger partial charge in [0.15, 0.2) is 0 Å². The average molecular weight is 295 g/mol. The maximum Gasteiger partial charge on any atom is 0.119 e. The minimum atomic E-state index is 0.550. The molecule has 0 spiro atoms. The van der Waals surface area contributed by atoms with Crippen LogP contribution in [0.1, 0.15) is 36.6 Å². The molecule has 0 amide bonds. The summed E-state index contributed by atoms with van der Waals surface area (Å²) < 4.78 is 5.48. The Bertz CT molecular complexity index is 376. The van der Waals surface area contributed by atoms with E-state index in [9.17, 15) is 0 Å². The summed E-state index contributed by atoms with van der Waals surface area (Å²) in [5.41, 5.74) is 1.41. The smallest absolute Gasteiger partial charge is 0.119 e. The van der Waals surface area contributed by atoms with Gasteiger partial charge in [0.05, 0.1) is 6.61 Å². The summed E-state index contributed by atoms with van der Waals surface area (Å²) in [5.74, 6) is 3.88. The fraction of sp³-hybridized carbons (Fsp3) is 0.600. The number of fused-ring (bicyclic) bond motifs is 1. The highest BCUT2D eigenvalue weighted by Gasteiger charge is 2.55. The van der Waals surface area contributed by atoms with Gasteiger partial charge in [-0.1, -0.05) is 34.5 Å². The highest BCUT2D eigenvalue weighted by molar-refractivity contribution is 9.09. The van der Waals surface area contributed by atoms with Crippen LogP contribution in [0, 0.1) is 17.8 Å². The van der Waals surface area contributed by atoms with E-state index >= 15 is 0 Å². The van der Waals surface area contributed by atoms with E-state index in [1.54, 1.807) is 0 Å². The van der Waals surface area contributed by atoms with Crippen molar-refractivity contribution in [3.8, 4) is 5.75 Å². The average Bonchev–Trinajstić information content (AvgIpc) is 2.83. The van der Waals surface area contributed by atoms with Gasteiger partial charge in [0.1, 0.15) is 5.75 Å². The van der Waals surface area contributed by atoms with Gasteiger partial charge in [-0.3, -0.25) is 0 Å². The summed E-state index contributed by atoms with van der Waals surface area (Å²) in [6, 6.07) is 8.59. The first-order valence-corrected chi connectivity index (χ1v) is 7.59. The molecular formula is C15H19BrO. The normalized spacial score (nSPS) is 32.0. The zero-order valence-electron chi connectivity index (χ0n) is 10.2. The molecule has 2 aliphatic rings. The molecule has 0 aliphatic heterocycles. The standard InChI is InChI=1S/C15H19BrO/c1-2-17-11-8-6-10(7-9-11)15(16)14-12-4-3-5-13(12)14/h6-9,12-15H,2-5H2,1H3. The van der Waals surface area contributed by atoms with Crippen molar-refractivity contribution in [1.82, 2.24) is 0 Å². The first-order chi connectivity index (χ1) is 8.31. The predicted molar refractivity (Wildman–Crippen MR) is 73.6 cm³/mol. The Morgan fingerprint density at radius 3 is 2.47 bits per heavy atom. The lowest BCUT2D eigenvalue weighted by Gasteiger charge is -2.13. The first-order valence-electron chi connectivity index (χ1n) is 6.68. The second-order valence-electron chi connectivity index (χ2n) is 5.24. The van der Waals surface area contributed by atoms with Crippen LogP contribution < -0.4 is 4.74 Å². The van der Waals surface area contributed by atoms with Gasteiger partial charge < -0.3 is 4.74 Å². The van der Waals surface area contributed by atoms with Crippen molar-refractivity contribution in [3.63, 3.8) is 0 Å². The third kappa shape index (κ3) is 2.12. The summed E-state index contributed by atoms with van der Waals surface area (Å²) in [6.45, 7) is 2.76. The van der Waals surface area contributed by atoms with Crippen molar-refractivity contribution >= 4 is 15.9 Å². The molecule has 2 heteroatoms. The number of halogens is 1. The molecule has 0 radical (unpaired) electrons. The number of benzene rings is 1. The van der Waals surface area contributed by atoms with Gasteiger partial charge in [-0.15, -0.1) is 0 Å². The highest BCUT2D eigenvalue weighted by atomic mass is 79.9. The Hall–Kier alpha value is -0.500. The van der Waals surface area contributed by atoms with E-state index in [4.69, 9.17) is 4.74 Å². The molecule has 0 saturated heterocycles. The molecule has 0 N–H and O–H groups in total. The molecule has 1 aromatic rings. The zero-order chi connectivity index (χ0) is 11.8. The van der Waals surface area contributed by atoms with E-state index in [1.807, 2.05) is 6.92 Å². The van der Waals surface area contributed by atoms with E-state index in [-0.39, 0.29) is 0 Å². The molecule has 3 unspecified atom stereocenters. The molecular weight excluding hydrogens is 276 g/mol. The Kier molecular flexibility index (Phi) is 3.16. The maximum absolute atomic E-state index is 5.48. The van der Waals surface area contributed by atoms with Gasteiger partial charge in [-0.25, -0.2) is 0 Å². The second-order valence-corrected chi connectivity index (χ2v) is 6.23. The molecule has 0 bridgehead atoms. The summed E-state index contributed by atoms with van der Waals surface area (Å²) in [7, 11) is 0. The van der Waals surface area contributed by atoms with Crippen LogP contribution in [0.15, 0.2) is 24.3 Å². The minimum absolute atomic E-state index is 0.550. The zero-order valence-corrected chi connectivity index (χ0v) is 11.8. The summed E-state index contributed by atoms with van der Waals surface area (Å²) in [4.78, 5) is 0.550. The molecule has 2 fully saturated rings. The summed E-state index contributed by atoms with van der Waals surface area (Å²) in [5, 5.41) is 0. The van der Waals surface area contributed by atoms with Crippen LogP contribution in [0.3, 0.4) is 0 Å². The fourth-order valence-corrected chi connectivity index (χ4v) is 4.54. The van der Waals surface area contributed by atoms with E-state index in [0.717, 1.165) is 30.1 Å². The first kappa shape index (κ1) is 11.6. The van der Waals surface area contributed by atoms with E-state index in [0.29, 0.717) is 4.83 Å². The van der Waals surface area contributed by atoms with Gasteiger partial charge >= 0.3 is 0 Å². The Labute approximate surface area is 112 Å². The van der Waals surface area contributed by atoms with Crippen molar-refractivity contribution in [2.75, 3.05) is 6.61 Å². The topological polar surface area (TPSA) is 9.23 Å². The van der Waals surface area contributed by atoms with E-state index in [1.165, 1.54) is 24.8 Å². The predicted octanol–water partition coefficient (Wildman–Crippen LogP) is 4.57. The van der Waals surface area contributed by atoms with Gasteiger partial charge in [-0.05, 0) is 55.2 Å². The molecule has 92 valence electrons. The largest absolute Gasteiger partial charge is 0.494 e. The van der Waals surface area contributed by atoms with Crippen LogP contribution in [0.25, 0.3) is 0 Å². The Balaban J connectivity index is 1.67. The van der Waals surface area contributed by atoms with Crippen molar-refractivity contribution in [3.05, 3.63) is 29.8 Å².